The first-order valence-electron chi connectivity index (χ1n) is 12.3. The second-order valence-electron chi connectivity index (χ2n) is 10.4. The summed E-state index contributed by atoms with van der Waals surface area (Å²) in [6.45, 7) is 5.52. The van der Waals surface area contributed by atoms with Crippen molar-refractivity contribution < 1.29 is 22.7 Å². The number of rotatable bonds is 10. The van der Waals surface area contributed by atoms with Crippen LogP contribution in [0.2, 0.25) is 0 Å². The Hall–Kier alpha value is -1.70. The number of aromatic nitrogens is 1. The zero-order valence-electron chi connectivity index (χ0n) is 20.0. The first kappa shape index (κ1) is 25.4. The Labute approximate surface area is 204 Å². The van der Waals surface area contributed by atoms with Crippen molar-refractivity contribution in [3.8, 4) is 5.88 Å². The summed E-state index contributed by atoms with van der Waals surface area (Å²) in [5, 5.41) is 3.79. The second-order valence-corrected chi connectivity index (χ2v) is 11.7. The van der Waals surface area contributed by atoms with Gasteiger partial charge in [-0.25, -0.2) is 4.98 Å². The number of carbonyl (C=O) groups is 1. The number of carbonyl (C=O) groups excluding carboxylic acids is 1. The molecule has 0 saturated heterocycles. The first-order valence-corrected chi connectivity index (χ1v) is 13.4. The van der Waals surface area contributed by atoms with Crippen LogP contribution in [0.25, 0.3) is 0 Å². The highest BCUT2D eigenvalue weighted by atomic mass is 32.2. The van der Waals surface area contributed by atoms with E-state index >= 15 is 0 Å². The minimum absolute atomic E-state index is 0.0533. The molecule has 0 radical (unpaired) electrons. The zero-order valence-corrected chi connectivity index (χ0v) is 20.9. The van der Waals surface area contributed by atoms with E-state index in [2.05, 4.69) is 28.6 Å². The van der Waals surface area contributed by atoms with Crippen molar-refractivity contribution in [2.24, 2.45) is 17.3 Å². The lowest BCUT2D eigenvalue weighted by molar-refractivity contribution is -0.141. The van der Waals surface area contributed by atoms with Crippen molar-refractivity contribution in [1.29, 1.82) is 0 Å². The summed E-state index contributed by atoms with van der Waals surface area (Å²) < 4.78 is 44.7. The van der Waals surface area contributed by atoms with Gasteiger partial charge in [0.2, 0.25) is 5.88 Å². The number of thioether (sulfide) groups is 1. The molecule has 3 saturated carbocycles. The Morgan fingerprint density at radius 3 is 2.44 bits per heavy atom. The highest BCUT2D eigenvalue weighted by Crippen LogP contribution is 2.52. The number of halogens is 3. The van der Waals surface area contributed by atoms with E-state index in [0.717, 1.165) is 44.1 Å². The van der Waals surface area contributed by atoms with Crippen LogP contribution in [0, 0.1) is 24.2 Å². The highest BCUT2D eigenvalue weighted by molar-refractivity contribution is 7.99. The number of amides is 1. The number of ether oxygens (including phenoxy) is 1. The molecule has 1 aromatic rings. The van der Waals surface area contributed by atoms with Crippen LogP contribution in [0.5, 0.6) is 5.88 Å². The van der Waals surface area contributed by atoms with Crippen molar-refractivity contribution >= 4 is 17.7 Å². The van der Waals surface area contributed by atoms with Crippen LogP contribution in [0.15, 0.2) is 18.7 Å². The molecule has 4 rings (SSSR count). The van der Waals surface area contributed by atoms with E-state index < -0.39 is 17.8 Å². The number of hydrogen-bond acceptors (Lipinski definition) is 4. The molecule has 3 aliphatic rings. The maximum absolute atomic E-state index is 13.3. The lowest BCUT2D eigenvalue weighted by Gasteiger charge is -2.45. The third-order valence-corrected chi connectivity index (χ3v) is 9.27. The van der Waals surface area contributed by atoms with E-state index in [1.54, 1.807) is 0 Å². The third kappa shape index (κ3) is 5.92. The van der Waals surface area contributed by atoms with E-state index in [1.165, 1.54) is 45.5 Å². The third-order valence-electron chi connectivity index (χ3n) is 7.66. The van der Waals surface area contributed by atoms with Crippen molar-refractivity contribution in [3.05, 3.63) is 35.5 Å². The van der Waals surface area contributed by atoms with Crippen LogP contribution >= 0.6 is 11.8 Å². The molecule has 0 spiro atoms. The van der Waals surface area contributed by atoms with Gasteiger partial charge >= 0.3 is 6.18 Å². The van der Waals surface area contributed by atoms with E-state index in [4.69, 9.17) is 4.74 Å². The van der Waals surface area contributed by atoms with Crippen LogP contribution in [-0.2, 0) is 6.18 Å². The molecule has 0 bridgehead atoms. The van der Waals surface area contributed by atoms with Crippen LogP contribution in [-0.4, -0.2) is 35.0 Å². The second kappa shape index (κ2) is 10.1. The number of pyridine rings is 1. The Kier molecular flexibility index (Phi) is 7.56. The maximum Gasteiger partial charge on any atom is 0.433 e. The van der Waals surface area contributed by atoms with Gasteiger partial charge in [0.15, 0.2) is 0 Å². The number of aryl methyl sites for hydroxylation is 1. The summed E-state index contributed by atoms with van der Waals surface area (Å²) in [5.41, 5.74) is -0.880. The van der Waals surface area contributed by atoms with Crippen molar-refractivity contribution in [1.82, 2.24) is 10.3 Å². The van der Waals surface area contributed by atoms with E-state index in [0.29, 0.717) is 11.2 Å². The van der Waals surface area contributed by atoms with Gasteiger partial charge in [-0.3, -0.25) is 4.79 Å². The molecule has 1 amide bonds. The van der Waals surface area contributed by atoms with Gasteiger partial charge in [-0.15, -0.1) is 6.58 Å². The standard InChI is InChI=1S/C26H35F3N2O2S/c1-4-20(30-23(32)22-16(2)13-21(26(27,28)29)31-24(22)33-3)25(14-17-5-6-17)11-9-19(10-12-25)34-15-18-7-8-18/h4,13,17-20H,1,5-12,14-15H2,2-3H3,(H,30,32)/t19-,20?,25+. The predicted octanol–water partition coefficient (Wildman–Crippen LogP) is 6.57. The van der Waals surface area contributed by atoms with Crippen LogP contribution in [0.1, 0.15) is 79.4 Å². The minimum atomic E-state index is -4.61. The molecule has 4 nitrogen and oxygen atoms in total. The fourth-order valence-corrected chi connectivity index (χ4v) is 6.76. The molecule has 0 aliphatic heterocycles. The number of methoxy groups -OCH3 is 1. The van der Waals surface area contributed by atoms with Crippen molar-refractivity contribution in [2.75, 3.05) is 12.9 Å². The highest BCUT2D eigenvalue weighted by Gasteiger charge is 2.45. The van der Waals surface area contributed by atoms with Crippen LogP contribution in [0.4, 0.5) is 13.2 Å². The topological polar surface area (TPSA) is 51.2 Å². The molecule has 1 atom stereocenters. The molecule has 0 aromatic carbocycles. The first-order chi connectivity index (χ1) is 16.1. The van der Waals surface area contributed by atoms with Crippen molar-refractivity contribution in [2.45, 2.75) is 82.2 Å². The lowest BCUT2D eigenvalue weighted by Crippen LogP contribution is -2.49. The number of nitrogens with one attached hydrogen (secondary N) is 1. The Bertz CT molecular complexity index is 904. The SMILES string of the molecule is C=CC(NC(=O)c1c(C)cc(C(F)(F)F)nc1OC)[C@]1(CC2CC2)CC[C@H](SCC2CC2)CC1. The van der Waals surface area contributed by atoms with Gasteiger partial charge in [-0.05, 0) is 86.5 Å². The zero-order chi connectivity index (χ0) is 24.5. The molecule has 1 aromatic heterocycles. The van der Waals surface area contributed by atoms with E-state index in [9.17, 15) is 18.0 Å². The maximum atomic E-state index is 13.3. The van der Waals surface area contributed by atoms with Gasteiger partial charge in [0, 0.05) is 5.25 Å². The molecular formula is C26H35F3N2O2S. The molecule has 1 heterocycles. The van der Waals surface area contributed by atoms with Gasteiger partial charge in [0.25, 0.3) is 5.91 Å². The Morgan fingerprint density at radius 2 is 1.91 bits per heavy atom. The van der Waals surface area contributed by atoms with E-state index in [-0.39, 0.29) is 28.5 Å². The summed E-state index contributed by atoms with van der Waals surface area (Å²) in [4.78, 5) is 16.9. The van der Waals surface area contributed by atoms with E-state index in [1.807, 2.05) is 6.08 Å². The minimum Gasteiger partial charge on any atom is -0.480 e. The largest absolute Gasteiger partial charge is 0.480 e. The van der Waals surface area contributed by atoms with Crippen LogP contribution < -0.4 is 10.1 Å². The smallest absolute Gasteiger partial charge is 0.433 e. The Morgan fingerprint density at radius 1 is 1.26 bits per heavy atom. The lowest BCUT2D eigenvalue weighted by atomic mass is 9.65. The number of alkyl halides is 3. The van der Waals surface area contributed by atoms with Crippen molar-refractivity contribution in [3.63, 3.8) is 0 Å². The summed E-state index contributed by atoms with van der Waals surface area (Å²) in [6.07, 6.45) is 7.81. The van der Waals surface area contributed by atoms with Crippen LogP contribution in [0.3, 0.4) is 0 Å². The average Bonchev–Trinajstić information content (AvgIpc) is 3.72. The molecule has 34 heavy (non-hydrogen) atoms. The molecule has 3 aliphatic carbocycles. The number of hydrogen-bond donors (Lipinski definition) is 1. The van der Waals surface area contributed by atoms with Gasteiger partial charge in [-0.1, -0.05) is 18.9 Å². The quantitative estimate of drug-likeness (QED) is 0.372. The summed E-state index contributed by atoms with van der Waals surface area (Å²) in [6, 6.07) is 0.657. The molecule has 1 unspecified atom stereocenters. The van der Waals surface area contributed by atoms with Gasteiger partial charge in [-0.2, -0.15) is 24.9 Å². The summed E-state index contributed by atoms with van der Waals surface area (Å²) in [5.74, 6) is 2.12. The summed E-state index contributed by atoms with van der Waals surface area (Å²) in [7, 11) is 1.23. The molecule has 8 heteroatoms. The predicted molar refractivity (Wildman–Crippen MR) is 129 cm³/mol. The van der Waals surface area contributed by atoms with Gasteiger partial charge < -0.3 is 10.1 Å². The molecule has 1 N–H and O–H groups in total. The molecule has 3 fully saturated rings. The fraction of sp³-hybridized carbons (Fsp3) is 0.692. The molecule has 188 valence electrons. The Balaban J connectivity index is 1.51. The van der Waals surface area contributed by atoms with Gasteiger partial charge in [0.05, 0.1) is 13.2 Å². The normalized spacial score (nSPS) is 26.1. The molecular weight excluding hydrogens is 461 g/mol. The monoisotopic (exact) mass is 496 g/mol. The summed E-state index contributed by atoms with van der Waals surface area (Å²) >= 11 is 2.11. The number of nitrogens with zero attached hydrogens (tertiary/aromatic N) is 1. The van der Waals surface area contributed by atoms with Gasteiger partial charge in [0.1, 0.15) is 11.3 Å². The average molecular weight is 497 g/mol. The fourth-order valence-electron chi connectivity index (χ4n) is 5.32.